The number of ether oxygens (including phenoxy) is 1. The number of aryl methyl sites for hydroxylation is 1. The van der Waals surface area contributed by atoms with E-state index in [4.69, 9.17) is 4.74 Å². The number of urea groups is 1. The number of morpholine rings is 1. The van der Waals surface area contributed by atoms with E-state index in [0.717, 1.165) is 12.0 Å². The highest BCUT2D eigenvalue weighted by atomic mass is 16.5. The Labute approximate surface area is 113 Å². The van der Waals surface area contributed by atoms with Crippen molar-refractivity contribution in [1.82, 2.24) is 20.0 Å². The number of hydrogen-bond donors (Lipinski definition) is 1. The van der Waals surface area contributed by atoms with Crippen LogP contribution in [0, 0.1) is 0 Å². The predicted octanol–water partition coefficient (Wildman–Crippen LogP) is 0.781. The highest BCUT2D eigenvalue weighted by Gasteiger charge is 2.25. The lowest BCUT2D eigenvalue weighted by molar-refractivity contribution is -0.0544. The minimum atomic E-state index is -0.00843. The average molecular weight is 266 g/mol. The van der Waals surface area contributed by atoms with Gasteiger partial charge in [0.1, 0.15) is 0 Å². The fourth-order valence-electron chi connectivity index (χ4n) is 2.37. The van der Waals surface area contributed by atoms with E-state index in [-0.39, 0.29) is 18.2 Å². The summed E-state index contributed by atoms with van der Waals surface area (Å²) >= 11 is 0. The van der Waals surface area contributed by atoms with Crippen molar-refractivity contribution in [3.63, 3.8) is 0 Å². The predicted molar refractivity (Wildman–Crippen MR) is 71.9 cm³/mol. The van der Waals surface area contributed by atoms with E-state index in [1.165, 1.54) is 0 Å². The van der Waals surface area contributed by atoms with Gasteiger partial charge in [0, 0.05) is 32.9 Å². The maximum absolute atomic E-state index is 12.0. The van der Waals surface area contributed by atoms with Crippen LogP contribution in [-0.2, 0) is 18.2 Å². The first-order valence-corrected chi connectivity index (χ1v) is 6.70. The summed E-state index contributed by atoms with van der Waals surface area (Å²) in [5.41, 5.74) is 1.13. The van der Waals surface area contributed by atoms with Gasteiger partial charge in [-0.3, -0.25) is 4.68 Å². The molecule has 0 unspecified atom stereocenters. The lowest BCUT2D eigenvalue weighted by atomic mass is 10.2. The van der Waals surface area contributed by atoms with Gasteiger partial charge in [0.15, 0.2) is 0 Å². The van der Waals surface area contributed by atoms with Crippen LogP contribution in [0.1, 0.15) is 19.4 Å². The smallest absolute Gasteiger partial charge is 0.317 e. The molecule has 6 heteroatoms. The lowest BCUT2D eigenvalue weighted by Crippen LogP contribution is -2.51. The number of carbonyl (C=O) groups excluding carboxylic acids is 1. The van der Waals surface area contributed by atoms with Crippen LogP contribution in [0.2, 0.25) is 0 Å². The van der Waals surface area contributed by atoms with Gasteiger partial charge in [0.05, 0.1) is 18.4 Å². The van der Waals surface area contributed by atoms with Crippen LogP contribution in [0.4, 0.5) is 4.79 Å². The average Bonchev–Trinajstić information content (AvgIpc) is 2.73. The largest absolute Gasteiger partial charge is 0.372 e. The molecule has 2 rings (SSSR count). The number of nitrogens with one attached hydrogen (secondary N) is 1. The van der Waals surface area contributed by atoms with Crippen LogP contribution in [0.3, 0.4) is 0 Å². The number of rotatable bonds is 3. The molecule has 1 aliphatic heterocycles. The van der Waals surface area contributed by atoms with E-state index in [0.29, 0.717) is 19.6 Å². The molecule has 1 N–H and O–H groups in total. The van der Waals surface area contributed by atoms with Gasteiger partial charge in [-0.05, 0) is 25.8 Å². The van der Waals surface area contributed by atoms with Crippen molar-refractivity contribution < 1.29 is 9.53 Å². The Kier molecular flexibility index (Phi) is 4.42. The highest BCUT2D eigenvalue weighted by Crippen LogP contribution is 2.10. The topological polar surface area (TPSA) is 59.4 Å². The zero-order valence-corrected chi connectivity index (χ0v) is 11.8. The van der Waals surface area contributed by atoms with Gasteiger partial charge < -0.3 is 15.0 Å². The van der Waals surface area contributed by atoms with Gasteiger partial charge in [-0.25, -0.2) is 4.79 Å². The molecule has 0 saturated carbocycles. The summed E-state index contributed by atoms with van der Waals surface area (Å²) in [6.07, 6.45) is 4.80. The van der Waals surface area contributed by atoms with Crippen LogP contribution in [-0.4, -0.2) is 52.6 Å². The number of carbonyl (C=O) groups is 1. The monoisotopic (exact) mass is 266 g/mol. The normalized spacial score (nSPS) is 23.4. The molecule has 1 aliphatic rings. The number of aromatic nitrogens is 2. The van der Waals surface area contributed by atoms with Crippen molar-refractivity contribution >= 4 is 6.03 Å². The van der Waals surface area contributed by atoms with Crippen LogP contribution in [0.25, 0.3) is 0 Å². The van der Waals surface area contributed by atoms with E-state index in [9.17, 15) is 4.79 Å². The van der Waals surface area contributed by atoms with Crippen molar-refractivity contribution in [2.75, 3.05) is 19.6 Å². The zero-order valence-electron chi connectivity index (χ0n) is 11.8. The van der Waals surface area contributed by atoms with Crippen LogP contribution in [0.15, 0.2) is 12.4 Å². The molecule has 1 saturated heterocycles. The maximum Gasteiger partial charge on any atom is 0.317 e. The van der Waals surface area contributed by atoms with Crippen molar-refractivity contribution in [2.24, 2.45) is 7.05 Å². The second-order valence-electron chi connectivity index (χ2n) is 5.17. The molecule has 6 nitrogen and oxygen atoms in total. The fourth-order valence-corrected chi connectivity index (χ4v) is 2.37. The van der Waals surface area contributed by atoms with Crippen molar-refractivity contribution in [1.29, 1.82) is 0 Å². The van der Waals surface area contributed by atoms with Crippen LogP contribution in [0.5, 0.6) is 0 Å². The van der Waals surface area contributed by atoms with Gasteiger partial charge in [-0.2, -0.15) is 5.10 Å². The molecule has 0 spiro atoms. The molecular formula is C13H22N4O2. The SMILES string of the molecule is C[C@@H]1CN(C(=O)NCCc2cnn(C)c2)C[C@H](C)O1. The number of amides is 2. The molecule has 106 valence electrons. The van der Waals surface area contributed by atoms with Crippen molar-refractivity contribution in [3.8, 4) is 0 Å². The molecule has 0 bridgehead atoms. The summed E-state index contributed by atoms with van der Waals surface area (Å²) in [5, 5.41) is 7.05. The van der Waals surface area contributed by atoms with E-state index < -0.39 is 0 Å². The summed E-state index contributed by atoms with van der Waals surface area (Å²) < 4.78 is 7.38. The Morgan fingerprint density at radius 1 is 1.47 bits per heavy atom. The number of nitrogens with zero attached hydrogens (tertiary/aromatic N) is 3. The molecule has 2 amide bonds. The first-order valence-electron chi connectivity index (χ1n) is 6.70. The third-order valence-corrected chi connectivity index (χ3v) is 3.16. The van der Waals surface area contributed by atoms with Gasteiger partial charge in [-0.15, -0.1) is 0 Å². The lowest BCUT2D eigenvalue weighted by Gasteiger charge is -2.35. The summed E-state index contributed by atoms with van der Waals surface area (Å²) in [4.78, 5) is 13.8. The molecule has 2 atom stereocenters. The van der Waals surface area contributed by atoms with Crippen molar-refractivity contribution in [3.05, 3.63) is 18.0 Å². The molecule has 1 fully saturated rings. The third-order valence-electron chi connectivity index (χ3n) is 3.16. The van der Waals surface area contributed by atoms with E-state index >= 15 is 0 Å². The van der Waals surface area contributed by atoms with E-state index in [1.54, 1.807) is 4.68 Å². The van der Waals surface area contributed by atoms with Gasteiger partial charge >= 0.3 is 6.03 Å². The zero-order chi connectivity index (χ0) is 13.8. The second-order valence-corrected chi connectivity index (χ2v) is 5.17. The highest BCUT2D eigenvalue weighted by molar-refractivity contribution is 5.74. The summed E-state index contributed by atoms with van der Waals surface area (Å²) in [6.45, 7) is 5.92. The third kappa shape index (κ3) is 3.96. The Hall–Kier alpha value is -1.56. The van der Waals surface area contributed by atoms with Crippen LogP contribution < -0.4 is 5.32 Å². The molecule has 0 radical (unpaired) electrons. The molecule has 19 heavy (non-hydrogen) atoms. The minimum Gasteiger partial charge on any atom is -0.372 e. The number of hydrogen-bond acceptors (Lipinski definition) is 3. The van der Waals surface area contributed by atoms with Crippen molar-refractivity contribution in [2.45, 2.75) is 32.5 Å². The first-order chi connectivity index (χ1) is 9.04. The quantitative estimate of drug-likeness (QED) is 0.879. The van der Waals surface area contributed by atoms with E-state index in [1.807, 2.05) is 38.2 Å². The van der Waals surface area contributed by atoms with Gasteiger partial charge in [0.25, 0.3) is 0 Å². The second kappa shape index (κ2) is 6.06. The molecule has 1 aromatic rings. The Morgan fingerprint density at radius 2 is 2.16 bits per heavy atom. The molecule has 0 aliphatic carbocycles. The molecule has 0 aromatic carbocycles. The standard InChI is InChI=1S/C13H22N4O2/c1-10-7-17(8-11(2)19-10)13(18)14-5-4-12-6-15-16(3)9-12/h6,9-11H,4-5,7-8H2,1-3H3,(H,14,18)/t10-,11+. The summed E-state index contributed by atoms with van der Waals surface area (Å²) in [7, 11) is 1.89. The summed E-state index contributed by atoms with van der Waals surface area (Å²) in [5.74, 6) is 0. The Bertz CT molecular complexity index is 422. The maximum atomic E-state index is 12.0. The first kappa shape index (κ1) is 13.9. The Morgan fingerprint density at radius 3 is 2.74 bits per heavy atom. The summed E-state index contributed by atoms with van der Waals surface area (Å²) in [6, 6.07) is -0.00843. The van der Waals surface area contributed by atoms with Crippen LogP contribution >= 0.6 is 0 Å². The minimum absolute atomic E-state index is 0.00843. The van der Waals surface area contributed by atoms with E-state index in [2.05, 4.69) is 10.4 Å². The molecular weight excluding hydrogens is 244 g/mol. The van der Waals surface area contributed by atoms with Gasteiger partial charge in [-0.1, -0.05) is 0 Å². The molecule has 2 heterocycles. The fraction of sp³-hybridized carbons (Fsp3) is 0.692. The van der Waals surface area contributed by atoms with Gasteiger partial charge in [0.2, 0.25) is 0 Å². The Balaban J connectivity index is 1.74. The molecule has 1 aromatic heterocycles.